The number of aromatic nitrogens is 1. The minimum Gasteiger partial charge on any atom is -0.481 e. The molecule has 0 saturated carbocycles. The zero-order valence-electron chi connectivity index (χ0n) is 8.27. The highest BCUT2D eigenvalue weighted by molar-refractivity contribution is 5.87. The number of hydrogen-bond donors (Lipinski definition) is 1. The Hall–Kier alpha value is -1.91. The van der Waals surface area contributed by atoms with Crippen molar-refractivity contribution in [3.63, 3.8) is 0 Å². The summed E-state index contributed by atoms with van der Waals surface area (Å²) in [5.74, 6) is -1.39. The lowest BCUT2D eigenvalue weighted by molar-refractivity contribution is -0.136. The highest BCUT2D eigenvalue weighted by atomic mass is 16.5. The van der Waals surface area contributed by atoms with Crippen molar-refractivity contribution in [2.45, 2.75) is 12.8 Å². The molecule has 80 valence electrons. The van der Waals surface area contributed by atoms with Crippen LogP contribution in [-0.2, 0) is 16.0 Å². The minimum absolute atomic E-state index is 0.0324. The van der Waals surface area contributed by atoms with E-state index < -0.39 is 11.9 Å². The topological polar surface area (TPSA) is 76.5 Å². The Morgan fingerprint density at radius 3 is 2.87 bits per heavy atom. The first-order valence-corrected chi connectivity index (χ1v) is 4.38. The van der Waals surface area contributed by atoms with Crippen LogP contribution < -0.4 is 0 Å². The highest BCUT2D eigenvalue weighted by Crippen LogP contribution is 2.05. The van der Waals surface area contributed by atoms with Gasteiger partial charge in [0.05, 0.1) is 7.11 Å². The lowest BCUT2D eigenvalue weighted by Crippen LogP contribution is -2.05. The van der Waals surface area contributed by atoms with Crippen LogP contribution in [-0.4, -0.2) is 29.1 Å². The van der Waals surface area contributed by atoms with Gasteiger partial charge in [-0.1, -0.05) is 0 Å². The third-order valence-corrected chi connectivity index (χ3v) is 1.85. The van der Waals surface area contributed by atoms with Crippen molar-refractivity contribution in [1.82, 2.24) is 4.98 Å². The molecule has 0 fully saturated rings. The second-order valence-electron chi connectivity index (χ2n) is 2.93. The fourth-order valence-electron chi connectivity index (χ4n) is 1.10. The quantitative estimate of drug-likeness (QED) is 0.745. The van der Waals surface area contributed by atoms with Gasteiger partial charge in [-0.3, -0.25) is 4.79 Å². The molecule has 0 amide bonds. The smallest absolute Gasteiger partial charge is 0.356 e. The molecule has 0 aliphatic rings. The molecule has 0 unspecified atom stereocenters. The Morgan fingerprint density at radius 2 is 2.27 bits per heavy atom. The van der Waals surface area contributed by atoms with Crippen molar-refractivity contribution < 1.29 is 19.4 Å². The summed E-state index contributed by atoms with van der Waals surface area (Å²) in [4.78, 5) is 25.3. The average molecular weight is 209 g/mol. The van der Waals surface area contributed by atoms with E-state index in [9.17, 15) is 9.59 Å². The highest BCUT2D eigenvalue weighted by Gasteiger charge is 2.07. The summed E-state index contributed by atoms with van der Waals surface area (Å²) < 4.78 is 4.50. The molecule has 0 bridgehead atoms. The van der Waals surface area contributed by atoms with Crippen LogP contribution >= 0.6 is 0 Å². The molecule has 15 heavy (non-hydrogen) atoms. The van der Waals surface area contributed by atoms with Crippen LogP contribution in [0.1, 0.15) is 22.5 Å². The van der Waals surface area contributed by atoms with Gasteiger partial charge in [-0.2, -0.15) is 0 Å². The van der Waals surface area contributed by atoms with Gasteiger partial charge in [0.2, 0.25) is 0 Å². The van der Waals surface area contributed by atoms with Gasteiger partial charge in [0, 0.05) is 12.6 Å². The summed E-state index contributed by atoms with van der Waals surface area (Å²) in [5.41, 5.74) is 0.952. The van der Waals surface area contributed by atoms with Gasteiger partial charge in [-0.05, 0) is 24.1 Å². The van der Waals surface area contributed by atoms with E-state index >= 15 is 0 Å². The number of rotatable bonds is 4. The van der Waals surface area contributed by atoms with Crippen molar-refractivity contribution in [2.75, 3.05) is 7.11 Å². The van der Waals surface area contributed by atoms with E-state index in [1.165, 1.54) is 19.4 Å². The molecule has 0 aliphatic carbocycles. The lowest BCUT2D eigenvalue weighted by Gasteiger charge is -2.01. The summed E-state index contributed by atoms with van der Waals surface area (Å²) in [7, 11) is 1.27. The van der Waals surface area contributed by atoms with Crippen molar-refractivity contribution in [3.8, 4) is 0 Å². The van der Waals surface area contributed by atoms with E-state index in [0.717, 1.165) is 5.56 Å². The monoisotopic (exact) mass is 209 g/mol. The maximum atomic E-state index is 11.1. The Morgan fingerprint density at radius 1 is 1.53 bits per heavy atom. The molecule has 1 N–H and O–H groups in total. The lowest BCUT2D eigenvalue weighted by atomic mass is 10.1. The summed E-state index contributed by atoms with van der Waals surface area (Å²) in [5, 5.41) is 8.49. The third kappa shape index (κ3) is 3.38. The molecule has 1 heterocycles. The predicted molar refractivity (Wildman–Crippen MR) is 51.5 cm³/mol. The number of hydrogen-bond acceptors (Lipinski definition) is 4. The van der Waals surface area contributed by atoms with E-state index in [0.29, 0.717) is 6.42 Å². The second-order valence-corrected chi connectivity index (χ2v) is 2.93. The van der Waals surface area contributed by atoms with E-state index in [4.69, 9.17) is 5.11 Å². The normalized spacial score (nSPS) is 9.67. The van der Waals surface area contributed by atoms with Crippen LogP contribution in [0.15, 0.2) is 18.3 Å². The molecule has 1 aromatic rings. The van der Waals surface area contributed by atoms with E-state index in [1.807, 2.05) is 0 Å². The van der Waals surface area contributed by atoms with Crippen LogP contribution in [0.3, 0.4) is 0 Å². The Balaban J connectivity index is 2.74. The van der Waals surface area contributed by atoms with Gasteiger partial charge in [-0.25, -0.2) is 9.78 Å². The number of ether oxygens (including phenoxy) is 1. The average Bonchev–Trinajstić information content (AvgIpc) is 2.25. The molecule has 0 aromatic carbocycles. The number of aliphatic carboxylic acids is 1. The summed E-state index contributed by atoms with van der Waals surface area (Å²) >= 11 is 0. The molecule has 0 aliphatic heterocycles. The number of carbonyl (C=O) groups excluding carboxylic acids is 1. The SMILES string of the molecule is COC(=O)c1cc(CCC(=O)O)ccn1. The molecule has 5 heteroatoms. The van der Waals surface area contributed by atoms with Crippen molar-refractivity contribution >= 4 is 11.9 Å². The van der Waals surface area contributed by atoms with E-state index in [1.54, 1.807) is 6.07 Å². The first kappa shape index (κ1) is 11.2. The molecule has 0 radical (unpaired) electrons. The number of pyridine rings is 1. The summed E-state index contributed by atoms with van der Waals surface area (Å²) in [6.07, 6.45) is 1.87. The summed E-state index contributed by atoms with van der Waals surface area (Å²) in [6.45, 7) is 0. The minimum atomic E-state index is -0.869. The summed E-state index contributed by atoms with van der Waals surface area (Å²) in [6, 6.07) is 3.21. The first-order chi connectivity index (χ1) is 7.13. The Labute approximate surface area is 86.7 Å². The molecule has 0 saturated heterocycles. The van der Waals surface area contributed by atoms with Crippen LogP contribution in [0.25, 0.3) is 0 Å². The molecular formula is C10H11NO4. The van der Waals surface area contributed by atoms with E-state index in [2.05, 4.69) is 9.72 Å². The van der Waals surface area contributed by atoms with Gasteiger partial charge >= 0.3 is 11.9 Å². The predicted octanol–water partition coefficient (Wildman–Crippen LogP) is 0.885. The number of carboxylic acids is 1. The number of esters is 1. The molecule has 0 atom stereocenters. The van der Waals surface area contributed by atoms with Crippen LogP contribution in [0.2, 0.25) is 0 Å². The largest absolute Gasteiger partial charge is 0.481 e. The number of carbonyl (C=O) groups is 2. The Kier molecular flexibility index (Phi) is 3.79. The molecule has 0 spiro atoms. The Bertz CT molecular complexity index is 375. The van der Waals surface area contributed by atoms with Crippen molar-refractivity contribution in [1.29, 1.82) is 0 Å². The third-order valence-electron chi connectivity index (χ3n) is 1.85. The zero-order valence-corrected chi connectivity index (χ0v) is 8.27. The maximum Gasteiger partial charge on any atom is 0.356 e. The fraction of sp³-hybridized carbons (Fsp3) is 0.300. The molecule has 1 rings (SSSR count). The maximum absolute atomic E-state index is 11.1. The molecular weight excluding hydrogens is 198 g/mol. The van der Waals surface area contributed by atoms with Crippen molar-refractivity contribution in [2.24, 2.45) is 0 Å². The number of carboxylic acid groups (broad SMARTS) is 1. The van der Waals surface area contributed by atoms with Gasteiger partial charge in [0.25, 0.3) is 0 Å². The number of aryl methyl sites for hydroxylation is 1. The van der Waals surface area contributed by atoms with Crippen molar-refractivity contribution in [3.05, 3.63) is 29.6 Å². The first-order valence-electron chi connectivity index (χ1n) is 4.38. The van der Waals surface area contributed by atoms with Crippen LogP contribution in [0.5, 0.6) is 0 Å². The number of nitrogens with zero attached hydrogens (tertiary/aromatic N) is 1. The fourth-order valence-corrected chi connectivity index (χ4v) is 1.10. The molecule has 5 nitrogen and oxygen atoms in total. The van der Waals surface area contributed by atoms with Gasteiger partial charge in [0.15, 0.2) is 0 Å². The van der Waals surface area contributed by atoms with E-state index in [-0.39, 0.29) is 12.1 Å². The second kappa shape index (κ2) is 5.09. The molecule has 1 aromatic heterocycles. The number of methoxy groups -OCH3 is 1. The van der Waals surface area contributed by atoms with Gasteiger partial charge in [-0.15, -0.1) is 0 Å². The standard InChI is InChI=1S/C10H11NO4/c1-15-10(14)8-6-7(4-5-11-8)2-3-9(12)13/h4-6H,2-3H2,1H3,(H,12,13). The van der Waals surface area contributed by atoms with Crippen LogP contribution in [0.4, 0.5) is 0 Å². The zero-order chi connectivity index (χ0) is 11.3. The van der Waals surface area contributed by atoms with Gasteiger partial charge < -0.3 is 9.84 Å². The van der Waals surface area contributed by atoms with Crippen LogP contribution in [0, 0.1) is 0 Å². The van der Waals surface area contributed by atoms with Gasteiger partial charge in [0.1, 0.15) is 5.69 Å².